The van der Waals surface area contributed by atoms with Crippen LogP contribution in [0.1, 0.15) is 43.2 Å². The van der Waals surface area contributed by atoms with Crippen molar-refractivity contribution in [1.82, 2.24) is 5.48 Å². The maximum atomic E-state index is 10.5. The van der Waals surface area contributed by atoms with Crippen molar-refractivity contribution in [1.29, 1.82) is 0 Å². The Balaban J connectivity index is 1.86. The van der Waals surface area contributed by atoms with Gasteiger partial charge in [0, 0.05) is 6.42 Å². The van der Waals surface area contributed by atoms with E-state index in [1.807, 2.05) is 42.5 Å². The fraction of sp³-hybridized carbons (Fsp3) is 0.286. The van der Waals surface area contributed by atoms with Crippen molar-refractivity contribution >= 4 is 11.7 Å². The van der Waals surface area contributed by atoms with Crippen LogP contribution in [0.15, 0.2) is 60.7 Å². The maximum absolute atomic E-state index is 10.5. The van der Waals surface area contributed by atoms with Gasteiger partial charge in [-0.25, -0.2) is 0 Å². The summed E-state index contributed by atoms with van der Waals surface area (Å²) in [6.45, 7) is 0.378. The van der Waals surface area contributed by atoms with Gasteiger partial charge < -0.3 is 10.2 Å². The molecule has 0 aliphatic heterocycles. The Kier molecular flexibility index (Phi) is 8.23. The number of nitrogens with one attached hydrogen (secondary N) is 1. The number of hydroxylamine groups is 1. The zero-order valence-corrected chi connectivity index (χ0v) is 14.7. The first-order valence-corrected chi connectivity index (χ1v) is 8.78. The van der Waals surface area contributed by atoms with Crippen LogP contribution in [0.25, 0.3) is 5.70 Å². The van der Waals surface area contributed by atoms with Gasteiger partial charge in [-0.2, -0.15) is 0 Å². The number of hydrogen-bond acceptors (Lipinski definition) is 4. The minimum absolute atomic E-state index is 0.225. The summed E-state index contributed by atoms with van der Waals surface area (Å²) in [6, 6.07) is 16.8. The number of rotatable bonds is 11. The summed E-state index contributed by atoms with van der Waals surface area (Å²) in [5.74, 6) is -0.510. The van der Waals surface area contributed by atoms with E-state index < -0.39 is 5.97 Å². The molecule has 0 aliphatic carbocycles. The molecule has 0 saturated heterocycles. The predicted molar refractivity (Wildman–Crippen MR) is 101 cm³/mol. The number of aliphatic carboxylic acids is 1. The number of carboxylic acid groups (broad SMARTS) is 1. The molecule has 0 unspecified atom stereocenters. The number of phenols is 1. The third kappa shape index (κ3) is 7.40. The zero-order valence-electron chi connectivity index (χ0n) is 14.7. The van der Waals surface area contributed by atoms with Crippen LogP contribution in [-0.2, 0) is 16.2 Å². The molecule has 0 saturated carbocycles. The lowest BCUT2D eigenvalue weighted by Crippen LogP contribution is -2.13. The molecule has 5 heteroatoms. The molecule has 0 atom stereocenters. The highest BCUT2D eigenvalue weighted by molar-refractivity contribution is 5.66. The van der Waals surface area contributed by atoms with Crippen LogP contribution in [0.5, 0.6) is 5.75 Å². The number of carbonyl (C=O) groups is 1. The number of allylic oxidation sites excluding steroid dienone is 1. The van der Waals surface area contributed by atoms with Gasteiger partial charge in [-0.05, 0) is 42.5 Å². The lowest BCUT2D eigenvalue weighted by atomic mass is 10.1. The van der Waals surface area contributed by atoms with Crippen molar-refractivity contribution in [2.24, 2.45) is 0 Å². The molecule has 0 radical (unpaired) electrons. The molecular weight excluding hydrogens is 330 g/mol. The molecule has 0 spiro atoms. The summed E-state index contributed by atoms with van der Waals surface area (Å²) in [5.41, 5.74) is 5.89. The van der Waals surface area contributed by atoms with Crippen LogP contribution in [-0.4, -0.2) is 16.2 Å². The first-order chi connectivity index (χ1) is 12.6. The van der Waals surface area contributed by atoms with Gasteiger partial charge >= 0.3 is 5.97 Å². The van der Waals surface area contributed by atoms with Gasteiger partial charge in [-0.15, -0.1) is 0 Å². The zero-order chi connectivity index (χ0) is 18.6. The summed E-state index contributed by atoms with van der Waals surface area (Å²) in [5, 5.41) is 18.0. The van der Waals surface area contributed by atoms with E-state index in [4.69, 9.17) is 9.94 Å². The van der Waals surface area contributed by atoms with Crippen molar-refractivity contribution in [2.75, 3.05) is 0 Å². The predicted octanol–water partition coefficient (Wildman–Crippen LogP) is 4.49. The molecule has 0 bridgehead atoms. The molecule has 0 heterocycles. The third-order valence-electron chi connectivity index (χ3n) is 3.89. The maximum Gasteiger partial charge on any atom is 0.303 e. The molecule has 0 aliphatic rings. The number of benzene rings is 2. The number of phenolic OH excluding ortho intramolecular Hbond substituents is 1. The molecule has 5 nitrogen and oxygen atoms in total. The highest BCUT2D eigenvalue weighted by atomic mass is 16.6. The van der Waals surface area contributed by atoms with Crippen molar-refractivity contribution in [3.05, 3.63) is 71.8 Å². The Labute approximate surface area is 153 Å². The van der Waals surface area contributed by atoms with Crippen LogP contribution in [0.4, 0.5) is 0 Å². The van der Waals surface area contributed by atoms with E-state index in [1.165, 1.54) is 0 Å². The smallest absolute Gasteiger partial charge is 0.303 e. The largest absolute Gasteiger partial charge is 0.508 e. The summed E-state index contributed by atoms with van der Waals surface area (Å²) in [6.07, 6.45) is 5.67. The Bertz CT molecular complexity index is 696. The van der Waals surface area contributed by atoms with Crippen LogP contribution >= 0.6 is 0 Å². The quantitative estimate of drug-likeness (QED) is 0.409. The average molecular weight is 355 g/mol. The lowest BCUT2D eigenvalue weighted by Gasteiger charge is -2.12. The van der Waals surface area contributed by atoms with Crippen LogP contribution in [0.2, 0.25) is 0 Å². The molecule has 0 fully saturated rings. The molecule has 0 aromatic heterocycles. The van der Waals surface area contributed by atoms with Gasteiger partial charge in [-0.1, -0.05) is 55.0 Å². The van der Waals surface area contributed by atoms with Crippen LogP contribution in [0.3, 0.4) is 0 Å². The number of hydrogen-bond donors (Lipinski definition) is 3. The normalized spacial score (nSPS) is 11.3. The summed E-state index contributed by atoms with van der Waals surface area (Å²) in [7, 11) is 0. The second-order valence-electron chi connectivity index (χ2n) is 6.03. The number of unbranched alkanes of at least 4 members (excludes halogenated alkanes) is 3. The molecular formula is C21H25NO4. The average Bonchev–Trinajstić information content (AvgIpc) is 2.65. The first kappa shape index (κ1) is 19.5. The molecule has 2 rings (SSSR count). The van der Waals surface area contributed by atoms with Gasteiger partial charge in [0.1, 0.15) is 5.75 Å². The van der Waals surface area contributed by atoms with E-state index in [0.29, 0.717) is 13.0 Å². The topological polar surface area (TPSA) is 78.8 Å². The molecule has 0 amide bonds. The monoisotopic (exact) mass is 355 g/mol. The van der Waals surface area contributed by atoms with Crippen LogP contribution < -0.4 is 5.48 Å². The third-order valence-corrected chi connectivity index (χ3v) is 3.89. The second kappa shape index (κ2) is 10.9. The Morgan fingerprint density at radius 1 is 1.00 bits per heavy atom. The molecule has 3 N–H and O–H groups in total. The minimum atomic E-state index is -0.741. The standard InChI is InChI=1S/C21H25NO4/c23-19-14-12-17(13-15-19)16-26-22-20(18-8-4-3-5-9-18)10-6-1-2-7-11-21(24)25/h3-5,8-10,12-15,22-23H,1-2,6-7,11,16H2,(H,24,25). The van der Waals surface area contributed by atoms with Crippen molar-refractivity contribution in [2.45, 2.75) is 38.7 Å². The Hall–Kier alpha value is -2.79. The summed E-state index contributed by atoms with van der Waals surface area (Å²) in [4.78, 5) is 16.1. The molecule has 2 aromatic carbocycles. The highest BCUT2D eigenvalue weighted by Gasteiger charge is 2.02. The fourth-order valence-electron chi connectivity index (χ4n) is 2.47. The van der Waals surface area contributed by atoms with Gasteiger partial charge in [0.25, 0.3) is 0 Å². The lowest BCUT2D eigenvalue weighted by molar-refractivity contribution is -0.137. The van der Waals surface area contributed by atoms with E-state index >= 15 is 0 Å². The highest BCUT2D eigenvalue weighted by Crippen LogP contribution is 2.15. The van der Waals surface area contributed by atoms with Crippen LogP contribution in [0, 0.1) is 0 Å². The van der Waals surface area contributed by atoms with Crippen molar-refractivity contribution < 1.29 is 19.8 Å². The molecule has 2 aromatic rings. The van der Waals surface area contributed by atoms with E-state index in [0.717, 1.165) is 36.1 Å². The Morgan fingerprint density at radius 2 is 1.73 bits per heavy atom. The van der Waals surface area contributed by atoms with Gasteiger partial charge in [-0.3, -0.25) is 15.1 Å². The van der Waals surface area contributed by atoms with E-state index in [-0.39, 0.29) is 12.2 Å². The second-order valence-corrected chi connectivity index (χ2v) is 6.03. The molecule has 26 heavy (non-hydrogen) atoms. The van der Waals surface area contributed by atoms with Gasteiger partial charge in [0.2, 0.25) is 0 Å². The van der Waals surface area contributed by atoms with E-state index in [9.17, 15) is 9.90 Å². The fourth-order valence-corrected chi connectivity index (χ4v) is 2.47. The minimum Gasteiger partial charge on any atom is -0.508 e. The van der Waals surface area contributed by atoms with Gasteiger partial charge in [0.15, 0.2) is 0 Å². The first-order valence-electron chi connectivity index (χ1n) is 8.78. The van der Waals surface area contributed by atoms with Crippen molar-refractivity contribution in [3.8, 4) is 5.75 Å². The number of aromatic hydroxyl groups is 1. The summed E-state index contributed by atoms with van der Waals surface area (Å²) >= 11 is 0. The molecule has 138 valence electrons. The number of carboxylic acids is 1. The SMILES string of the molecule is O=C(O)CCCCCC=C(NOCc1ccc(O)cc1)c1ccccc1. The van der Waals surface area contributed by atoms with Crippen molar-refractivity contribution in [3.63, 3.8) is 0 Å². The Morgan fingerprint density at radius 3 is 2.42 bits per heavy atom. The van der Waals surface area contributed by atoms with Gasteiger partial charge in [0.05, 0.1) is 12.3 Å². The summed E-state index contributed by atoms with van der Waals surface area (Å²) < 4.78 is 0. The van der Waals surface area contributed by atoms with E-state index in [1.54, 1.807) is 12.1 Å². The van der Waals surface area contributed by atoms with E-state index in [2.05, 4.69) is 11.6 Å².